The summed E-state index contributed by atoms with van der Waals surface area (Å²) >= 11 is 0. The van der Waals surface area contributed by atoms with Crippen molar-refractivity contribution in [3.63, 3.8) is 0 Å². The van der Waals surface area contributed by atoms with Gasteiger partial charge in [-0.1, -0.05) is 17.7 Å². The van der Waals surface area contributed by atoms with Gasteiger partial charge in [0.25, 0.3) is 5.82 Å². The molecule has 8 heteroatoms. The van der Waals surface area contributed by atoms with Crippen molar-refractivity contribution in [3.8, 4) is 5.75 Å². The Labute approximate surface area is 174 Å². The molecule has 1 fully saturated rings. The molecule has 0 unspecified atom stereocenters. The summed E-state index contributed by atoms with van der Waals surface area (Å²) in [5.74, 6) is 1.37. The Balaban J connectivity index is 1.58. The van der Waals surface area contributed by atoms with Gasteiger partial charge < -0.3 is 9.64 Å². The molecule has 1 amide bonds. The van der Waals surface area contributed by atoms with Gasteiger partial charge in [0.1, 0.15) is 11.9 Å². The number of amides is 1. The third-order valence-corrected chi connectivity index (χ3v) is 5.53. The first-order chi connectivity index (χ1) is 14.2. The molecule has 0 atom stereocenters. The van der Waals surface area contributed by atoms with Gasteiger partial charge in [0.05, 0.1) is 25.8 Å². The lowest BCUT2D eigenvalue weighted by Crippen LogP contribution is -2.42. The first kappa shape index (κ1) is 21.9. The molecule has 30 heavy (non-hydrogen) atoms. The summed E-state index contributed by atoms with van der Waals surface area (Å²) in [6.45, 7) is 3.69. The van der Waals surface area contributed by atoms with Crippen molar-refractivity contribution < 1.29 is 27.7 Å². The van der Waals surface area contributed by atoms with Crippen molar-refractivity contribution in [2.75, 3.05) is 32.1 Å². The van der Waals surface area contributed by atoms with Crippen molar-refractivity contribution in [1.82, 2.24) is 4.90 Å². The quantitative estimate of drug-likeness (QED) is 0.738. The van der Waals surface area contributed by atoms with Crippen LogP contribution < -0.4 is 14.6 Å². The number of methoxy groups -OCH3 is 1. The monoisotopic (exact) mass is 422 g/mol. The van der Waals surface area contributed by atoms with E-state index in [2.05, 4.69) is 4.98 Å². The molecule has 5 nitrogen and oxygen atoms in total. The van der Waals surface area contributed by atoms with Crippen molar-refractivity contribution in [2.45, 2.75) is 32.5 Å². The van der Waals surface area contributed by atoms with E-state index >= 15 is 0 Å². The predicted molar refractivity (Wildman–Crippen MR) is 107 cm³/mol. The van der Waals surface area contributed by atoms with Gasteiger partial charge >= 0.3 is 6.18 Å². The average Bonchev–Trinajstić information content (AvgIpc) is 2.73. The number of alkyl halides is 3. The van der Waals surface area contributed by atoms with E-state index < -0.39 is 11.7 Å². The molecule has 1 aromatic heterocycles. The Bertz CT molecular complexity index is 876. The van der Waals surface area contributed by atoms with Crippen molar-refractivity contribution >= 4 is 11.7 Å². The van der Waals surface area contributed by atoms with Gasteiger partial charge in [-0.25, -0.2) is 4.98 Å². The maximum atomic E-state index is 12.9. The summed E-state index contributed by atoms with van der Waals surface area (Å²) in [4.78, 5) is 19.4. The minimum Gasteiger partial charge on any atom is -0.496 e. The van der Waals surface area contributed by atoms with Crippen LogP contribution in [0.3, 0.4) is 0 Å². The zero-order valence-electron chi connectivity index (χ0n) is 17.4. The summed E-state index contributed by atoms with van der Waals surface area (Å²) < 4.78 is 43.6. The minimum atomic E-state index is -4.36. The van der Waals surface area contributed by atoms with Crippen LogP contribution in [0.2, 0.25) is 0 Å². The minimum absolute atomic E-state index is 0.0783. The number of hydrogen-bond acceptors (Lipinski definition) is 3. The lowest BCUT2D eigenvalue weighted by Gasteiger charge is -2.30. The second kappa shape index (κ2) is 8.93. The number of H-pyrrole nitrogens is 1. The fraction of sp³-hybridized carbons (Fsp3) is 0.455. The highest BCUT2D eigenvalue weighted by Gasteiger charge is 2.34. The molecule has 1 saturated heterocycles. The predicted octanol–water partition coefficient (Wildman–Crippen LogP) is 3.71. The number of carbonyl (C=O) groups excluding carboxylic acids is 1. The molecule has 1 aliphatic rings. The van der Waals surface area contributed by atoms with Gasteiger partial charge in [-0.3, -0.25) is 9.69 Å². The van der Waals surface area contributed by atoms with E-state index in [1.165, 1.54) is 6.07 Å². The molecule has 0 bridgehead atoms. The number of aryl methyl sites for hydroxylation is 1. The smallest absolute Gasteiger partial charge is 0.419 e. The molecular weight excluding hydrogens is 395 g/mol. The second-order valence-electron chi connectivity index (χ2n) is 7.73. The van der Waals surface area contributed by atoms with Crippen LogP contribution >= 0.6 is 0 Å². The van der Waals surface area contributed by atoms with E-state index in [4.69, 9.17) is 4.74 Å². The van der Waals surface area contributed by atoms with Crippen LogP contribution in [-0.4, -0.2) is 38.1 Å². The Morgan fingerprint density at radius 3 is 2.50 bits per heavy atom. The first-order valence-corrected chi connectivity index (χ1v) is 9.91. The van der Waals surface area contributed by atoms with Gasteiger partial charge in [0.15, 0.2) is 0 Å². The van der Waals surface area contributed by atoms with E-state index in [1.54, 1.807) is 19.1 Å². The highest BCUT2D eigenvalue weighted by Crippen LogP contribution is 2.29. The lowest BCUT2D eigenvalue weighted by molar-refractivity contribution is -0.367. The highest BCUT2D eigenvalue weighted by atomic mass is 19.4. The number of hydrogen-bond donors (Lipinski definition) is 0. The van der Waals surface area contributed by atoms with Gasteiger partial charge in [0, 0.05) is 31.1 Å². The van der Waals surface area contributed by atoms with Crippen molar-refractivity contribution in [2.24, 2.45) is 5.92 Å². The van der Waals surface area contributed by atoms with Crippen molar-refractivity contribution in [3.05, 3.63) is 53.2 Å². The molecule has 0 aliphatic carbocycles. The number of ether oxygens (including phenoxy) is 1. The molecular formula is C22H27F3N3O2+. The number of nitrogens with one attached hydrogen (secondary N) is 1. The number of anilines is 1. The summed E-state index contributed by atoms with van der Waals surface area (Å²) in [6.07, 6.45) is -2.07. The molecule has 0 radical (unpaired) electrons. The van der Waals surface area contributed by atoms with Gasteiger partial charge in [-0.05, 0) is 31.9 Å². The third-order valence-electron chi connectivity index (χ3n) is 5.53. The number of aromatic amines is 1. The Morgan fingerprint density at radius 1 is 1.23 bits per heavy atom. The normalized spacial score (nSPS) is 15.2. The molecule has 1 aliphatic heterocycles. The fourth-order valence-electron chi connectivity index (χ4n) is 3.83. The zero-order valence-corrected chi connectivity index (χ0v) is 17.4. The lowest BCUT2D eigenvalue weighted by atomic mass is 9.95. The van der Waals surface area contributed by atoms with E-state index in [0.717, 1.165) is 29.1 Å². The standard InChI is InChI=1S/C22H26F3N3O2/c1-15-4-6-19(30-3)17(12-15)14-27(2)21(29)16-8-10-28(11-9-16)20-7-5-18(13-26-20)22(23,24)25/h4-7,12-13,16H,8-11,14H2,1-3H3/p+1. The van der Waals surface area contributed by atoms with Gasteiger partial charge in [-0.2, -0.15) is 13.2 Å². The SMILES string of the molecule is COc1ccc(C)cc1CN(C)C(=O)C1CCN(c2ccc(C(F)(F)F)c[nH+]2)CC1. The number of halogens is 3. The zero-order chi connectivity index (χ0) is 21.9. The largest absolute Gasteiger partial charge is 0.496 e. The summed E-state index contributed by atoms with van der Waals surface area (Å²) in [5.41, 5.74) is 1.36. The molecule has 2 aromatic rings. The van der Waals surface area contributed by atoms with E-state index in [0.29, 0.717) is 38.3 Å². The molecule has 0 saturated carbocycles. The van der Waals surface area contributed by atoms with E-state index in [1.807, 2.05) is 30.0 Å². The van der Waals surface area contributed by atoms with Gasteiger partial charge in [0.2, 0.25) is 5.91 Å². The maximum Gasteiger partial charge on any atom is 0.419 e. The number of benzene rings is 1. The summed E-state index contributed by atoms with van der Waals surface area (Å²) in [7, 11) is 3.41. The summed E-state index contributed by atoms with van der Waals surface area (Å²) in [6, 6.07) is 8.42. The number of pyridine rings is 1. The maximum absolute atomic E-state index is 12.9. The number of aromatic nitrogens is 1. The topological polar surface area (TPSA) is 46.9 Å². The van der Waals surface area contributed by atoms with E-state index in [-0.39, 0.29) is 11.8 Å². The van der Waals surface area contributed by atoms with Crippen molar-refractivity contribution in [1.29, 1.82) is 0 Å². The first-order valence-electron chi connectivity index (χ1n) is 9.91. The fourth-order valence-corrected chi connectivity index (χ4v) is 3.83. The number of rotatable bonds is 5. The molecule has 0 spiro atoms. The van der Waals surface area contributed by atoms with Crippen LogP contribution in [0.25, 0.3) is 0 Å². The molecule has 3 rings (SSSR count). The number of piperidine rings is 1. The van der Waals surface area contributed by atoms with Crippen LogP contribution in [0, 0.1) is 12.8 Å². The van der Waals surface area contributed by atoms with Crippen LogP contribution in [0.1, 0.15) is 29.5 Å². The highest BCUT2D eigenvalue weighted by molar-refractivity contribution is 5.79. The molecule has 162 valence electrons. The van der Waals surface area contributed by atoms with Crippen LogP contribution in [-0.2, 0) is 17.5 Å². The molecule has 2 heterocycles. The Morgan fingerprint density at radius 2 is 1.93 bits per heavy atom. The number of carbonyl (C=O) groups is 1. The van der Waals surface area contributed by atoms with Crippen LogP contribution in [0.4, 0.5) is 19.0 Å². The Kier molecular flexibility index (Phi) is 6.53. The Hall–Kier alpha value is -2.77. The van der Waals surface area contributed by atoms with Gasteiger partial charge in [-0.15, -0.1) is 0 Å². The average molecular weight is 422 g/mol. The van der Waals surface area contributed by atoms with Crippen LogP contribution in [0.15, 0.2) is 36.5 Å². The number of nitrogens with zero attached hydrogens (tertiary/aromatic N) is 2. The second-order valence-corrected chi connectivity index (χ2v) is 7.73. The molecule has 1 N–H and O–H groups in total. The molecule has 1 aromatic carbocycles. The summed E-state index contributed by atoms with van der Waals surface area (Å²) in [5, 5.41) is 0. The van der Waals surface area contributed by atoms with Crippen LogP contribution in [0.5, 0.6) is 5.75 Å². The van der Waals surface area contributed by atoms with E-state index in [9.17, 15) is 18.0 Å². The third kappa shape index (κ3) is 5.04.